The number of carbonyl (C=O) groups is 1. The molecule has 102 valence electrons. The van der Waals surface area contributed by atoms with Gasteiger partial charge in [-0.1, -0.05) is 32.0 Å². The zero-order valence-electron chi connectivity index (χ0n) is 11.7. The molecule has 0 saturated carbocycles. The number of hydrogen-bond acceptors (Lipinski definition) is 1. The topological polar surface area (TPSA) is 34.0 Å². The van der Waals surface area contributed by atoms with Crippen LogP contribution in [0.3, 0.4) is 0 Å². The van der Waals surface area contributed by atoms with Crippen LogP contribution in [0.2, 0.25) is 0 Å². The van der Waals surface area contributed by atoms with Gasteiger partial charge in [0.15, 0.2) is 0 Å². The van der Waals surface area contributed by atoms with Crippen LogP contribution < -0.4 is 5.32 Å². The largest absolute Gasteiger partial charge is 0.356 e. The number of hydrogen-bond donors (Lipinski definition) is 1. The number of rotatable bonds is 6. The van der Waals surface area contributed by atoms with Gasteiger partial charge < -0.3 is 9.88 Å². The van der Waals surface area contributed by atoms with Crippen molar-refractivity contribution in [1.29, 1.82) is 0 Å². The molecule has 0 fully saturated rings. The molecule has 1 amide bonds. The second-order valence-electron chi connectivity index (χ2n) is 5.35. The first-order valence-corrected chi connectivity index (χ1v) is 6.97. The van der Waals surface area contributed by atoms with Gasteiger partial charge in [-0.3, -0.25) is 4.79 Å². The van der Waals surface area contributed by atoms with E-state index in [1.54, 1.807) is 0 Å². The molecule has 0 bridgehead atoms. The highest BCUT2D eigenvalue weighted by molar-refractivity contribution is 5.80. The molecule has 1 N–H and O–H groups in total. The van der Waals surface area contributed by atoms with E-state index in [2.05, 4.69) is 41.9 Å². The summed E-state index contributed by atoms with van der Waals surface area (Å²) in [5, 5.41) is 4.20. The van der Waals surface area contributed by atoms with Crippen LogP contribution in [0.15, 0.2) is 36.5 Å². The van der Waals surface area contributed by atoms with Gasteiger partial charge >= 0.3 is 0 Å². The molecular weight excluding hydrogens is 236 g/mol. The highest BCUT2D eigenvalue weighted by Gasteiger charge is 2.04. The molecule has 0 aliphatic heterocycles. The standard InChI is InChI=1S/C16H22N2O/c1-13(2)7-10-17-16(19)9-12-18-11-8-14-5-3-4-6-15(14)18/h3-6,8,11,13H,7,9-10,12H2,1-2H3,(H,17,19). The van der Waals surface area contributed by atoms with Crippen LogP contribution in [0.1, 0.15) is 26.7 Å². The summed E-state index contributed by atoms with van der Waals surface area (Å²) in [5.41, 5.74) is 1.19. The molecule has 0 atom stereocenters. The molecule has 3 heteroatoms. The van der Waals surface area contributed by atoms with Crippen LogP contribution in [0.5, 0.6) is 0 Å². The molecule has 0 radical (unpaired) electrons. The minimum Gasteiger partial charge on any atom is -0.356 e. The van der Waals surface area contributed by atoms with Crippen molar-refractivity contribution < 1.29 is 4.79 Å². The first-order valence-electron chi connectivity index (χ1n) is 6.97. The molecule has 1 aromatic carbocycles. The number of nitrogens with zero attached hydrogens (tertiary/aromatic N) is 1. The van der Waals surface area contributed by atoms with Crippen molar-refractivity contribution in [3.8, 4) is 0 Å². The fourth-order valence-electron chi connectivity index (χ4n) is 2.15. The van der Waals surface area contributed by atoms with Crippen molar-refractivity contribution in [2.45, 2.75) is 33.2 Å². The Kier molecular flexibility index (Phi) is 4.61. The van der Waals surface area contributed by atoms with Gasteiger partial charge in [0.2, 0.25) is 5.91 Å². The average Bonchev–Trinajstić information content (AvgIpc) is 2.79. The van der Waals surface area contributed by atoms with E-state index < -0.39 is 0 Å². The van der Waals surface area contributed by atoms with E-state index in [-0.39, 0.29) is 5.91 Å². The Morgan fingerprint density at radius 2 is 2.05 bits per heavy atom. The summed E-state index contributed by atoms with van der Waals surface area (Å²) in [7, 11) is 0. The van der Waals surface area contributed by atoms with Crippen molar-refractivity contribution >= 4 is 16.8 Å². The molecule has 0 spiro atoms. The van der Waals surface area contributed by atoms with E-state index in [1.807, 2.05) is 18.3 Å². The lowest BCUT2D eigenvalue weighted by Crippen LogP contribution is -2.26. The Bertz CT molecular complexity index is 542. The maximum absolute atomic E-state index is 11.7. The summed E-state index contributed by atoms with van der Waals surface area (Å²) < 4.78 is 2.14. The first-order chi connectivity index (χ1) is 9.16. The Hall–Kier alpha value is -1.77. The smallest absolute Gasteiger partial charge is 0.221 e. The number of nitrogens with one attached hydrogen (secondary N) is 1. The lowest BCUT2D eigenvalue weighted by Gasteiger charge is -2.08. The lowest BCUT2D eigenvalue weighted by molar-refractivity contribution is -0.121. The lowest BCUT2D eigenvalue weighted by atomic mass is 10.1. The Morgan fingerprint density at radius 3 is 2.84 bits per heavy atom. The van der Waals surface area contributed by atoms with Crippen LogP contribution >= 0.6 is 0 Å². The maximum Gasteiger partial charge on any atom is 0.221 e. The minimum atomic E-state index is 0.137. The zero-order valence-corrected chi connectivity index (χ0v) is 11.7. The predicted octanol–water partition coefficient (Wildman–Crippen LogP) is 3.19. The molecule has 1 aromatic heterocycles. The quantitative estimate of drug-likeness (QED) is 0.848. The summed E-state index contributed by atoms with van der Waals surface area (Å²) in [6.07, 6.45) is 3.63. The predicted molar refractivity (Wildman–Crippen MR) is 79.0 cm³/mol. The van der Waals surface area contributed by atoms with Crippen molar-refractivity contribution in [2.75, 3.05) is 6.54 Å². The molecule has 0 saturated heterocycles. The molecule has 19 heavy (non-hydrogen) atoms. The van der Waals surface area contributed by atoms with Crippen LogP contribution in [0.25, 0.3) is 10.9 Å². The van der Waals surface area contributed by atoms with Crippen molar-refractivity contribution in [2.24, 2.45) is 5.92 Å². The zero-order chi connectivity index (χ0) is 13.7. The number of benzene rings is 1. The van der Waals surface area contributed by atoms with Gasteiger partial charge in [-0.25, -0.2) is 0 Å². The summed E-state index contributed by atoms with van der Waals surface area (Å²) in [4.78, 5) is 11.7. The van der Waals surface area contributed by atoms with E-state index in [4.69, 9.17) is 0 Å². The number of fused-ring (bicyclic) bond motifs is 1. The molecule has 2 rings (SSSR count). The van der Waals surface area contributed by atoms with Gasteiger partial charge in [0.25, 0.3) is 0 Å². The van der Waals surface area contributed by atoms with Crippen molar-refractivity contribution in [3.63, 3.8) is 0 Å². The van der Waals surface area contributed by atoms with Gasteiger partial charge in [0.1, 0.15) is 0 Å². The molecule has 0 aliphatic carbocycles. The molecule has 3 nitrogen and oxygen atoms in total. The van der Waals surface area contributed by atoms with Crippen molar-refractivity contribution in [1.82, 2.24) is 9.88 Å². The van der Waals surface area contributed by atoms with Crippen LogP contribution in [0.4, 0.5) is 0 Å². The van der Waals surface area contributed by atoms with Crippen molar-refractivity contribution in [3.05, 3.63) is 36.5 Å². The summed E-state index contributed by atoms with van der Waals surface area (Å²) in [5.74, 6) is 0.770. The van der Waals surface area contributed by atoms with Gasteiger partial charge in [-0.05, 0) is 29.9 Å². The minimum absolute atomic E-state index is 0.137. The molecule has 0 unspecified atom stereocenters. The third-order valence-corrected chi connectivity index (χ3v) is 3.30. The highest BCUT2D eigenvalue weighted by atomic mass is 16.1. The fraction of sp³-hybridized carbons (Fsp3) is 0.438. The first kappa shape index (κ1) is 13.7. The highest BCUT2D eigenvalue weighted by Crippen LogP contribution is 2.15. The molecule has 2 aromatic rings. The molecule has 1 heterocycles. The Balaban J connectivity index is 1.83. The number of para-hydroxylation sites is 1. The summed E-state index contributed by atoms with van der Waals surface area (Å²) in [6, 6.07) is 10.3. The van der Waals surface area contributed by atoms with Crippen LogP contribution in [-0.4, -0.2) is 17.0 Å². The van der Waals surface area contributed by atoms with Crippen LogP contribution in [0, 0.1) is 5.92 Å². The second kappa shape index (κ2) is 6.41. The molecule has 0 aliphatic rings. The Morgan fingerprint density at radius 1 is 1.26 bits per heavy atom. The van der Waals surface area contributed by atoms with E-state index >= 15 is 0 Å². The monoisotopic (exact) mass is 258 g/mol. The number of amides is 1. The van der Waals surface area contributed by atoms with Gasteiger partial charge in [-0.2, -0.15) is 0 Å². The summed E-state index contributed by atoms with van der Waals surface area (Å²) >= 11 is 0. The van der Waals surface area contributed by atoms with Gasteiger partial charge in [0.05, 0.1) is 0 Å². The second-order valence-corrected chi connectivity index (χ2v) is 5.35. The third-order valence-electron chi connectivity index (χ3n) is 3.30. The fourth-order valence-corrected chi connectivity index (χ4v) is 2.15. The number of aryl methyl sites for hydroxylation is 1. The van der Waals surface area contributed by atoms with E-state index in [1.165, 1.54) is 10.9 Å². The van der Waals surface area contributed by atoms with E-state index in [9.17, 15) is 4.79 Å². The number of aromatic nitrogens is 1. The van der Waals surface area contributed by atoms with Gasteiger partial charge in [-0.15, -0.1) is 0 Å². The number of carbonyl (C=O) groups excluding carboxylic acids is 1. The van der Waals surface area contributed by atoms with E-state index in [0.717, 1.165) is 19.5 Å². The SMILES string of the molecule is CC(C)CCNC(=O)CCn1ccc2ccccc21. The third kappa shape index (κ3) is 3.85. The normalized spacial score (nSPS) is 11.1. The van der Waals surface area contributed by atoms with E-state index in [0.29, 0.717) is 12.3 Å². The maximum atomic E-state index is 11.7. The Labute approximate surface area is 114 Å². The molecular formula is C16H22N2O. The average molecular weight is 258 g/mol. The van der Waals surface area contributed by atoms with Crippen LogP contribution in [-0.2, 0) is 11.3 Å². The summed E-state index contributed by atoms with van der Waals surface area (Å²) in [6.45, 7) is 5.85. The van der Waals surface area contributed by atoms with Gasteiger partial charge in [0, 0.05) is 31.2 Å².